The molecule has 0 radical (unpaired) electrons. The summed E-state index contributed by atoms with van der Waals surface area (Å²) in [5, 5.41) is 9.53. The molecule has 21 heavy (non-hydrogen) atoms. The molecule has 0 aliphatic carbocycles. The van der Waals surface area contributed by atoms with Gasteiger partial charge in [0.15, 0.2) is 11.5 Å². The van der Waals surface area contributed by atoms with Gasteiger partial charge in [0.05, 0.1) is 6.10 Å². The Morgan fingerprint density at radius 2 is 1.86 bits per heavy atom. The first kappa shape index (κ1) is 14.0. The van der Waals surface area contributed by atoms with Gasteiger partial charge in [0.2, 0.25) is 0 Å². The zero-order valence-electron chi connectivity index (χ0n) is 12.6. The summed E-state index contributed by atoms with van der Waals surface area (Å²) in [6, 6.07) is 13.4. The third-order valence-electron chi connectivity index (χ3n) is 3.65. The van der Waals surface area contributed by atoms with Crippen molar-refractivity contribution >= 4 is 0 Å². The molecule has 0 spiro atoms. The first-order chi connectivity index (χ1) is 9.94. The Hall–Kier alpha value is -2.00. The third-order valence-corrected chi connectivity index (χ3v) is 3.65. The van der Waals surface area contributed by atoms with E-state index in [2.05, 4.69) is 19.9 Å². The van der Waals surface area contributed by atoms with E-state index in [0.717, 1.165) is 29.2 Å². The van der Waals surface area contributed by atoms with Gasteiger partial charge in [-0.05, 0) is 44.5 Å². The van der Waals surface area contributed by atoms with E-state index in [0.29, 0.717) is 0 Å². The van der Waals surface area contributed by atoms with E-state index in [9.17, 15) is 5.11 Å². The first-order valence-corrected chi connectivity index (χ1v) is 7.21. The van der Waals surface area contributed by atoms with Crippen LogP contribution < -0.4 is 9.47 Å². The molecular formula is C18H20O3. The smallest absolute Gasteiger partial charge is 0.169 e. The van der Waals surface area contributed by atoms with Gasteiger partial charge in [0.1, 0.15) is 11.4 Å². The van der Waals surface area contributed by atoms with Crippen LogP contribution in [-0.2, 0) is 6.42 Å². The number of ether oxygens (including phenoxy) is 2. The Labute approximate surface area is 125 Å². The van der Waals surface area contributed by atoms with Crippen molar-refractivity contribution in [2.45, 2.75) is 38.9 Å². The zero-order chi connectivity index (χ0) is 15.0. The van der Waals surface area contributed by atoms with Crippen molar-refractivity contribution in [1.82, 2.24) is 0 Å². The van der Waals surface area contributed by atoms with Crippen LogP contribution in [0.1, 0.15) is 38.0 Å². The second-order valence-corrected chi connectivity index (χ2v) is 6.13. The summed E-state index contributed by atoms with van der Waals surface area (Å²) in [6.07, 6.45) is 0.421. The van der Waals surface area contributed by atoms with Gasteiger partial charge in [0, 0.05) is 12.0 Å². The van der Waals surface area contributed by atoms with E-state index in [4.69, 9.17) is 9.47 Å². The molecule has 0 saturated carbocycles. The van der Waals surface area contributed by atoms with Crippen molar-refractivity contribution in [2.24, 2.45) is 0 Å². The summed E-state index contributed by atoms with van der Waals surface area (Å²) in [6.45, 7) is 5.90. The average molecular weight is 284 g/mol. The molecule has 1 aliphatic heterocycles. The number of fused-ring (bicyclic) bond motifs is 1. The van der Waals surface area contributed by atoms with E-state index >= 15 is 0 Å². The quantitative estimate of drug-likeness (QED) is 0.916. The predicted molar refractivity (Wildman–Crippen MR) is 82.0 cm³/mol. The molecule has 3 nitrogen and oxygen atoms in total. The summed E-state index contributed by atoms with van der Waals surface area (Å²) in [5.41, 5.74) is 1.87. The molecule has 1 atom stereocenters. The molecule has 0 unspecified atom stereocenters. The van der Waals surface area contributed by atoms with Crippen LogP contribution in [0.5, 0.6) is 17.2 Å². The van der Waals surface area contributed by atoms with E-state index in [1.54, 1.807) is 6.92 Å². The number of rotatable bonds is 3. The molecule has 3 rings (SSSR count). The normalized spacial score (nSPS) is 17.0. The molecule has 1 N–H and O–H groups in total. The number of benzene rings is 2. The molecule has 0 aromatic heterocycles. The fraction of sp³-hybridized carbons (Fsp3) is 0.333. The number of aliphatic hydroxyl groups is 1. The van der Waals surface area contributed by atoms with Gasteiger partial charge in [-0.15, -0.1) is 0 Å². The average Bonchev–Trinajstić information content (AvgIpc) is 2.74. The van der Waals surface area contributed by atoms with E-state index < -0.39 is 6.10 Å². The Kier molecular flexibility index (Phi) is 3.38. The molecule has 2 aromatic carbocycles. The minimum Gasteiger partial charge on any atom is -0.483 e. The van der Waals surface area contributed by atoms with Crippen LogP contribution in [0.2, 0.25) is 0 Å². The van der Waals surface area contributed by atoms with Gasteiger partial charge in [-0.1, -0.05) is 24.3 Å². The Bertz CT molecular complexity index is 642. The molecule has 2 aromatic rings. The number of para-hydroxylation sites is 1. The van der Waals surface area contributed by atoms with Gasteiger partial charge in [-0.25, -0.2) is 0 Å². The lowest BCUT2D eigenvalue weighted by atomic mass is 10.0. The highest BCUT2D eigenvalue weighted by Crippen LogP contribution is 2.43. The maximum Gasteiger partial charge on any atom is 0.169 e. The molecule has 0 amide bonds. The predicted octanol–water partition coefficient (Wildman–Crippen LogP) is 4.25. The highest BCUT2D eigenvalue weighted by molar-refractivity contribution is 5.51. The lowest BCUT2D eigenvalue weighted by Gasteiger charge is -2.18. The second kappa shape index (κ2) is 5.08. The second-order valence-electron chi connectivity index (χ2n) is 6.13. The fourth-order valence-corrected chi connectivity index (χ4v) is 2.61. The van der Waals surface area contributed by atoms with Crippen LogP contribution in [0.4, 0.5) is 0 Å². The molecule has 110 valence electrons. The SMILES string of the molecule is C[C@@H](O)c1ccc(Oc2cccc3c2OC(C)(C)C3)cc1. The summed E-state index contributed by atoms with van der Waals surface area (Å²) in [4.78, 5) is 0. The zero-order valence-corrected chi connectivity index (χ0v) is 12.6. The van der Waals surface area contributed by atoms with Crippen LogP contribution in [0.3, 0.4) is 0 Å². The maximum atomic E-state index is 9.53. The van der Waals surface area contributed by atoms with Gasteiger partial charge in [-0.3, -0.25) is 0 Å². The molecule has 3 heteroatoms. The highest BCUT2D eigenvalue weighted by Gasteiger charge is 2.32. The maximum absolute atomic E-state index is 9.53. The Morgan fingerprint density at radius 3 is 2.52 bits per heavy atom. The van der Waals surface area contributed by atoms with Gasteiger partial charge in [-0.2, -0.15) is 0 Å². The highest BCUT2D eigenvalue weighted by atomic mass is 16.5. The number of aliphatic hydroxyl groups excluding tert-OH is 1. The van der Waals surface area contributed by atoms with Crippen molar-refractivity contribution in [3.63, 3.8) is 0 Å². The number of hydrogen-bond acceptors (Lipinski definition) is 3. The first-order valence-electron chi connectivity index (χ1n) is 7.21. The van der Waals surface area contributed by atoms with Gasteiger partial charge < -0.3 is 14.6 Å². The van der Waals surface area contributed by atoms with Crippen molar-refractivity contribution in [3.8, 4) is 17.2 Å². The van der Waals surface area contributed by atoms with Gasteiger partial charge in [0.25, 0.3) is 0 Å². The molecular weight excluding hydrogens is 264 g/mol. The summed E-state index contributed by atoms with van der Waals surface area (Å²) >= 11 is 0. The Morgan fingerprint density at radius 1 is 1.14 bits per heavy atom. The van der Waals surface area contributed by atoms with E-state index in [1.165, 1.54) is 5.56 Å². The monoisotopic (exact) mass is 284 g/mol. The van der Waals surface area contributed by atoms with Crippen LogP contribution >= 0.6 is 0 Å². The summed E-state index contributed by atoms with van der Waals surface area (Å²) in [7, 11) is 0. The van der Waals surface area contributed by atoms with Gasteiger partial charge >= 0.3 is 0 Å². The third kappa shape index (κ3) is 2.88. The molecule has 0 fully saturated rings. The minimum atomic E-state index is -0.468. The lowest BCUT2D eigenvalue weighted by molar-refractivity contribution is 0.135. The van der Waals surface area contributed by atoms with Crippen molar-refractivity contribution in [1.29, 1.82) is 0 Å². The largest absolute Gasteiger partial charge is 0.483 e. The van der Waals surface area contributed by atoms with Crippen LogP contribution in [-0.4, -0.2) is 10.7 Å². The van der Waals surface area contributed by atoms with E-state index in [-0.39, 0.29) is 5.60 Å². The molecule has 0 saturated heterocycles. The molecule has 1 heterocycles. The Balaban J connectivity index is 1.85. The van der Waals surface area contributed by atoms with Crippen molar-refractivity contribution < 1.29 is 14.6 Å². The van der Waals surface area contributed by atoms with Crippen molar-refractivity contribution in [2.75, 3.05) is 0 Å². The fourth-order valence-electron chi connectivity index (χ4n) is 2.61. The topological polar surface area (TPSA) is 38.7 Å². The van der Waals surface area contributed by atoms with Crippen molar-refractivity contribution in [3.05, 3.63) is 53.6 Å². The minimum absolute atomic E-state index is 0.183. The lowest BCUT2D eigenvalue weighted by Crippen LogP contribution is -2.24. The van der Waals surface area contributed by atoms with Crippen LogP contribution in [0.25, 0.3) is 0 Å². The molecule has 0 bridgehead atoms. The standard InChI is InChI=1S/C18H20O3/c1-12(19)13-7-9-15(10-8-13)20-16-6-4-5-14-11-18(2,3)21-17(14)16/h4-10,12,19H,11H2,1-3H3/t12-/m1/s1. The van der Waals surface area contributed by atoms with Crippen LogP contribution in [0.15, 0.2) is 42.5 Å². The number of hydrogen-bond donors (Lipinski definition) is 1. The van der Waals surface area contributed by atoms with E-state index in [1.807, 2.05) is 36.4 Å². The summed E-state index contributed by atoms with van der Waals surface area (Å²) in [5.74, 6) is 2.31. The van der Waals surface area contributed by atoms with Crippen LogP contribution in [0, 0.1) is 0 Å². The summed E-state index contributed by atoms with van der Waals surface area (Å²) < 4.78 is 11.9. The molecule has 1 aliphatic rings.